The Balaban J connectivity index is 2.05. The minimum Gasteiger partial charge on any atom is -0.323 e. The van der Waals surface area contributed by atoms with Gasteiger partial charge >= 0.3 is 0 Å². The first kappa shape index (κ1) is 13.9. The van der Waals surface area contributed by atoms with Gasteiger partial charge in [-0.05, 0) is 6.07 Å². The zero-order valence-electron chi connectivity index (χ0n) is 9.91. The molecule has 2 aromatic rings. The van der Waals surface area contributed by atoms with Crippen molar-refractivity contribution in [3.05, 3.63) is 35.0 Å². The van der Waals surface area contributed by atoms with Crippen LogP contribution in [0, 0.1) is 0 Å². The van der Waals surface area contributed by atoms with E-state index in [0.717, 1.165) is 5.01 Å². The Kier molecular flexibility index (Phi) is 4.43. The summed E-state index contributed by atoms with van der Waals surface area (Å²) in [4.78, 5) is 7.90. The summed E-state index contributed by atoms with van der Waals surface area (Å²) in [5.74, 6) is 5.27. The molecule has 0 aromatic carbocycles. The molecule has 0 amide bonds. The lowest BCUT2D eigenvalue weighted by Gasteiger charge is -2.09. The number of hydrazine groups is 1. The first-order chi connectivity index (χ1) is 9.13. The lowest BCUT2D eigenvalue weighted by Crippen LogP contribution is -2.27. The van der Waals surface area contributed by atoms with Crippen molar-refractivity contribution in [2.24, 2.45) is 5.84 Å². The number of thiazole rings is 1. The fourth-order valence-electron chi connectivity index (χ4n) is 1.46. The molecule has 0 aliphatic heterocycles. The van der Waals surface area contributed by atoms with Crippen LogP contribution in [0.2, 0.25) is 0 Å². The maximum atomic E-state index is 12.1. The summed E-state index contributed by atoms with van der Waals surface area (Å²) in [6.45, 7) is 0.273. The molecule has 2 rings (SSSR count). The van der Waals surface area contributed by atoms with Crippen LogP contribution >= 0.6 is 11.3 Å². The smallest absolute Gasteiger partial charge is 0.244 e. The third kappa shape index (κ3) is 3.47. The van der Waals surface area contributed by atoms with E-state index in [2.05, 4.69) is 20.1 Å². The van der Waals surface area contributed by atoms with Gasteiger partial charge in [-0.2, -0.15) is 0 Å². The Labute approximate surface area is 114 Å². The minimum absolute atomic E-state index is 0.0247. The number of hydrogen-bond acceptors (Lipinski definition) is 7. The van der Waals surface area contributed by atoms with Crippen LogP contribution < -0.4 is 16.0 Å². The zero-order chi connectivity index (χ0) is 13.7. The van der Waals surface area contributed by atoms with Crippen LogP contribution in [0.3, 0.4) is 0 Å². The van der Waals surface area contributed by atoms with Crippen LogP contribution in [0.4, 0.5) is 5.69 Å². The summed E-state index contributed by atoms with van der Waals surface area (Å²) in [7, 11) is -3.63. The summed E-state index contributed by atoms with van der Waals surface area (Å²) in [6.07, 6.45) is 4.94. The fourth-order valence-corrected chi connectivity index (χ4v) is 3.22. The van der Waals surface area contributed by atoms with Crippen molar-refractivity contribution in [3.63, 3.8) is 0 Å². The Morgan fingerprint density at radius 1 is 1.37 bits per heavy atom. The summed E-state index contributed by atoms with van der Waals surface area (Å²) in [5, 5.41) is 2.73. The van der Waals surface area contributed by atoms with Crippen molar-refractivity contribution in [1.29, 1.82) is 0 Å². The number of sulfonamides is 1. The van der Waals surface area contributed by atoms with Gasteiger partial charge in [-0.25, -0.2) is 18.1 Å². The molecule has 0 unspecified atom stereocenters. The second-order valence-electron chi connectivity index (χ2n) is 3.59. The average Bonchev–Trinajstić information content (AvgIpc) is 2.91. The molecule has 0 atom stereocenters. The minimum atomic E-state index is -3.63. The van der Waals surface area contributed by atoms with E-state index in [0.29, 0.717) is 12.1 Å². The molecule has 0 saturated carbocycles. The van der Waals surface area contributed by atoms with Gasteiger partial charge in [0.1, 0.15) is 4.90 Å². The molecule has 0 saturated heterocycles. The van der Waals surface area contributed by atoms with Crippen LogP contribution in [-0.4, -0.2) is 24.9 Å². The van der Waals surface area contributed by atoms with Gasteiger partial charge in [0.2, 0.25) is 10.0 Å². The highest BCUT2D eigenvalue weighted by Gasteiger charge is 2.18. The fraction of sp³-hybridized carbons (Fsp3) is 0.200. The molecule has 102 valence electrons. The third-order valence-electron chi connectivity index (χ3n) is 2.34. The number of anilines is 1. The molecular weight excluding hydrogens is 286 g/mol. The largest absolute Gasteiger partial charge is 0.323 e. The van der Waals surface area contributed by atoms with E-state index in [9.17, 15) is 8.42 Å². The quantitative estimate of drug-likeness (QED) is 0.524. The molecule has 2 heterocycles. The molecule has 9 heteroatoms. The Morgan fingerprint density at radius 3 is 2.89 bits per heavy atom. The van der Waals surface area contributed by atoms with Crippen LogP contribution in [0.15, 0.2) is 34.9 Å². The lowest BCUT2D eigenvalue weighted by atomic mass is 10.4. The monoisotopic (exact) mass is 299 g/mol. The summed E-state index contributed by atoms with van der Waals surface area (Å²) >= 11 is 1.49. The van der Waals surface area contributed by atoms with E-state index in [1.165, 1.54) is 29.8 Å². The maximum absolute atomic E-state index is 12.1. The normalized spacial score (nSPS) is 11.4. The van der Waals surface area contributed by atoms with Gasteiger partial charge in [0.15, 0.2) is 0 Å². The van der Waals surface area contributed by atoms with Crippen molar-refractivity contribution < 1.29 is 8.42 Å². The second kappa shape index (κ2) is 6.06. The molecule has 0 radical (unpaired) electrons. The molecule has 19 heavy (non-hydrogen) atoms. The lowest BCUT2D eigenvalue weighted by molar-refractivity contribution is 0.581. The Morgan fingerprint density at radius 2 is 2.21 bits per heavy atom. The van der Waals surface area contributed by atoms with Gasteiger partial charge < -0.3 is 5.43 Å². The average molecular weight is 299 g/mol. The second-order valence-corrected chi connectivity index (χ2v) is 6.30. The molecule has 0 fully saturated rings. The van der Waals surface area contributed by atoms with Gasteiger partial charge in [0, 0.05) is 36.9 Å². The summed E-state index contributed by atoms with van der Waals surface area (Å²) in [5.41, 5.74) is 2.64. The van der Waals surface area contributed by atoms with Crippen molar-refractivity contribution in [3.8, 4) is 0 Å². The summed E-state index contributed by atoms with van der Waals surface area (Å²) in [6, 6.07) is 1.50. The highest BCUT2D eigenvalue weighted by atomic mass is 32.2. The SMILES string of the molecule is NNc1ccncc1S(=O)(=O)NCCc1nccs1. The van der Waals surface area contributed by atoms with E-state index < -0.39 is 10.0 Å². The van der Waals surface area contributed by atoms with Gasteiger partial charge in [-0.15, -0.1) is 11.3 Å². The molecule has 2 aromatic heterocycles. The number of hydrogen-bond donors (Lipinski definition) is 3. The first-order valence-corrected chi connectivity index (χ1v) is 7.78. The first-order valence-electron chi connectivity index (χ1n) is 5.42. The molecule has 0 spiro atoms. The van der Waals surface area contributed by atoms with E-state index in [1.807, 2.05) is 5.38 Å². The number of pyridine rings is 1. The predicted octanol–water partition coefficient (Wildman–Crippen LogP) is 0.345. The number of nitrogen functional groups attached to an aromatic ring is 1. The van der Waals surface area contributed by atoms with Crippen LogP contribution in [0.5, 0.6) is 0 Å². The van der Waals surface area contributed by atoms with E-state index in [1.54, 1.807) is 6.20 Å². The van der Waals surface area contributed by atoms with Crippen LogP contribution in [0.1, 0.15) is 5.01 Å². The van der Waals surface area contributed by atoms with Gasteiger partial charge in [-0.3, -0.25) is 10.8 Å². The van der Waals surface area contributed by atoms with Gasteiger partial charge in [-0.1, -0.05) is 0 Å². The third-order valence-corrected chi connectivity index (χ3v) is 4.67. The molecule has 4 N–H and O–H groups in total. The molecule has 0 aliphatic carbocycles. The molecule has 0 bridgehead atoms. The van der Waals surface area contributed by atoms with E-state index >= 15 is 0 Å². The Hall–Kier alpha value is -1.55. The summed E-state index contributed by atoms with van der Waals surface area (Å²) < 4.78 is 26.6. The highest BCUT2D eigenvalue weighted by Crippen LogP contribution is 2.17. The molecule has 0 aliphatic rings. The topological polar surface area (TPSA) is 110 Å². The van der Waals surface area contributed by atoms with E-state index in [-0.39, 0.29) is 11.4 Å². The van der Waals surface area contributed by atoms with Gasteiger partial charge in [0.05, 0.1) is 10.7 Å². The van der Waals surface area contributed by atoms with Crippen molar-refractivity contribution in [2.45, 2.75) is 11.3 Å². The number of nitrogens with zero attached hydrogens (tertiary/aromatic N) is 2. The highest BCUT2D eigenvalue weighted by molar-refractivity contribution is 7.89. The van der Waals surface area contributed by atoms with Crippen molar-refractivity contribution >= 4 is 27.0 Å². The van der Waals surface area contributed by atoms with Crippen LogP contribution in [-0.2, 0) is 16.4 Å². The number of aromatic nitrogens is 2. The number of nitrogens with one attached hydrogen (secondary N) is 2. The van der Waals surface area contributed by atoms with Gasteiger partial charge in [0.25, 0.3) is 0 Å². The standard InChI is InChI=1S/C10H13N5O2S2/c11-15-8-1-3-12-7-9(8)19(16,17)14-4-2-10-13-5-6-18-10/h1,3,5-7,14H,2,4,11H2,(H,12,15). The molecular formula is C10H13N5O2S2. The van der Waals surface area contributed by atoms with Crippen molar-refractivity contribution in [1.82, 2.24) is 14.7 Å². The number of nitrogens with two attached hydrogens (primary N) is 1. The molecule has 7 nitrogen and oxygen atoms in total. The number of rotatable bonds is 6. The maximum Gasteiger partial charge on any atom is 0.244 e. The van der Waals surface area contributed by atoms with Crippen molar-refractivity contribution in [2.75, 3.05) is 12.0 Å². The van der Waals surface area contributed by atoms with Crippen LogP contribution in [0.25, 0.3) is 0 Å². The zero-order valence-corrected chi connectivity index (χ0v) is 11.5. The predicted molar refractivity (Wildman–Crippen MR) is 73.1 cm³/mol. The Bertz CT molecular complexity index is 627. The van der Waals surface area contributed by atoms with E-state index in [4.69, 9.17) is 5.84 Å².